The topological polar surface area (TPSA) is 77.3 Å². The minimum atomic E-state index is -0.480. The van der Waals surface area contributed by atoms with E-state index in [1.807, 2.05) is 0 Å². The fourth-order valence-corrected chi connectivity index (χ4v) is 2.04. The summed E-state index contributed by atoms with van der Waals surface area (Å²) in [6, 6.07) is 3.57. The Morgan fingerprint density at radius 1 is 1.47 bits per heavy atom. The number of pyridine rings is 1. The lowest BCUT2D eigenvalue weighted by molar-refractivity contribution is -0.388. The van der Waals surface area contributed by atoms with Crippen LogP contribution in [0.1, 0.15) is 12.8 Å². The van der Waals surface area contributed by atoms with Crippen LogP contribution in [0.15, 0.2) is 16.7 Å². The van der Waals surface area contributed by atoms with Crippen molar-refractivity contribution in [2.24, 2.45) is 0 Å². The largest absolute Gasteiger partial charge is 0.388 e. The van der Waals surface area contributed by atoms with Gasteiger partial charge in [-0.2, -0.15) is 0 Å². The van der Waals surface area contributed by atoms with E-state index >= 15 is 0 Å². The summed E-state index contributed by atoms with van der Waals surface area (Å²) in [5, 5.41) is 14.0. The average molecular weight is 302 g/mol. The van der Waals surface area contributed by atoms with Crippen LogP contribution >= 0.6 is 15.9 Å². The predicted molar refractivity (Wildman–Crippen MR) is 66.1 cm³/mol. The highest BCUT2D eigenvalue weighted by Gasteiger charge is 2.21. The number of hydrogen-bond acceptors (Lipinski definition) is 5. The quantitative estimate of drug-likeness (QED) is 0.527. The van der Waals surface area contributed by atoms with Gasteiger partial charge in [-0.1, -0.05) is 0 Å². The lowest BCUT2D eigenvalue weighted by Crippen LogP contribution is -2.28. The Kier molecular flexibility index (Phi) is 3.90. The standard InChI is InChI=1S/C10H12BrN3O3/c11-9-2-1-8(10(13-9)14(15)16)12-7-3-5-17-6-4-7/h1-2,7,12H,3-6H2. The monoisotopic (exact) mass is 301 g/mol. The molecule has 92 valence electrons. The van der Waals surface area contributed by atoms with Crippen LogP contribution in [-0.2, 0) is 4.74 Å². The van der Waals surface area contributed by atoms with Gasteiger partial charge in [0.15, 0.2) is 0 Å². The highest BCUT2D eigenvalue weighted by Crippen LogP contribution is 2.26. The minimum absolute atomic E-state index is 0.147. The van der Waals surface area contributed by atoms with E-state index in [9.17, 15) is 10.1 Å². The van der Waals surface area contributed by atoms with Gasteiger partial charge in [-0.05, 0) is 34.9 Å². The first-order valence-electron chi connectivity index (χ1n) is 5.32. The van der Waals surface area contributed by atoms with E-state index in [-0.39, 0.29) is 11.9 Å². The van der Waals surface area contributed by atoms with E-state index in [0.29, 0.717) is 23.5 Å². The van der Waals surface area contributed by atoms with Crippen molar-refractivity contribution in [3.8, 4) is 0 Å². The van der Waals surface area contributed by atoms with Crippen molar-refractivity contribution in [3.63, 3.8) is 0 Å². The molecule has 0 amide bonds. The molecular weight excluding hydrogens is 290 g/mol. The van der Waals surface area contributed by atoms with Crippen LogP contribution in [0.5, 0.6) is 0 Å². The molecule has 0 bridgehead atoms. The number of aromatic nitrogens is 1. The molecule has 0 aliphatic carbocycles. The number of rotatable bonds is 3. The van der Waals surface area contributed by atoms with E-state index in [4.69, 9.17) is 4.74 Å². The molecule has 2 rings (SSSR count). The smallest absolute Gasteiger partial charge is 0.381 e. The summed E-state index contributed by atoms with van der Waals surface area (Å²) in [6.07, 6.45) is 1.71. The molecule has 0 radical (unpaired) electrons. The van der Waals surface area contributed by atoms with Crippen LogP contribution in [0.3, 0.4) is 0 Å². The number of anilines is 1. The molecule has 6 nitrogen and oxygen atoms in total. The number of ether oxygens (including phenoxy) is 1. The molecule has 0 aromatic carbocycles. The SMILES string of the molecule is O=[N+]([O-])c1nc(Br)ccc1NC1CCOCC1. The molecule has 1 saturated heterocycles. The van der Waals surface area contributed by atoms with Gasteiger partial charge in [0.25, 0.3) is 0 Å². The molecule has 0 spiro atoms. The minimum Gasteiger partial charge on any atom is -0.381 e. The van der Waals surface area contributed by atoms with Crippen LogP contribution < -0.4 is 5.32 Å². The molecule has 1 aliphatic rings. The Labute approximate surface area is 107 Å². The Morgan fingerprint density at radius 3 is 2.82 bits per heavy atom. The summed E-state index contributed by atoms with van der Waals surface area (Å²) in [7, 11) is 0. The van der Waals surface area contributed by atoms with Crippen molar-refractivity contribution in [1.29, 1.82) is 0 Å². The Morgan fingerprint density at radius 2 is 2.18 bits per heavy atom. The lowest BCUT2D eigenvalue weighted by atomic mass is 10.1. The van der Waals surface area contributed by atoms with E-state index in [2.05, 4.69) is 26.2 Å². The molecule has 0 unspecified atom stereocenters. The molecular formula is C10H12BrN3O3. The van der Waals surface area contributed by atoms with Crippen LogP contribution in [0.2, 0.25) is 0 Å². The summed E-state index contributed by atoms with van der Waals surface area (Å²) in [6.45, 7) is 1.38. The van der Waals surface area contributed by atoms with Gasteiger partial charge in [-0.25, -0.2) is 0 Å². The van der Waals surface area contributed by atoms with Crippen molar-refractivity contribution >= 4 is 27.4 Å². The molecule has 17 heavy (non-hydrogen) atoms. The highest BCUT2D eigenvalue weighted by atomic mass is 79.9. The van der Waals surface area contributed by atoms with Gasteiger partial charge in [0, 0.05) is 35.2 Å². The number of nitrogens with zero attached hydrogens (tertiary/aromatic N) is 2. The Bertz CT molecular complexity index is 421. The first-order chi connectivity index (χ1) is 8.16. The molecule has 2 heterocycles. The summed E-state index contributed by atoms with van der Waals surface area (Å²) in [5.41, 5.74) is 0.463. The zero-order valence-corrected chi connectivity index (χ0v) is 10.6. The molecule has 1 aliphatic heterocycles. The number of hydrogen-bond donors (Lipinski definition) is 1. The van der Waals surface area contributed by atoms with Gasteiger partial charge in [-0.3, -0.25) is 0 Å². The normalized spacial score (nSPS) is 16.8. The summed E-state index contributed by atoms with van der Waals surface area (Å²) in [4.78, 5) is 14.3. The lowest BCUT2D eigenvalue weighted by Gasteiger charge is -2.23. The summed E-state index contributed by atoms with van der Waals surface area (Å²) in [5.74, 6) is -0.147. The zero-order chi connectivity index (χ0) is 12.3. The van der Waals surface area contributed by atoms with Gasteiger partial charge in [-0.15, -0.1) is 0 Å². The molecule has 1 aromatic rings. The van der Waals surface area contributed by atoms with Crippen molar-refractivity contribution in [2.45, 2.75) is 18.9 Å². The van der Waals surface area contributed by atoms with E-state index < -0.39 is 4.92 Å². The van der Waals surface area contributed by atoms with Gasteiger partial charge in [0.05, 0.1) is 0 Å². The van der Waals surface area contributed by atoms with Crippen molar-refractivity contribution in [2.75, 3.05) is 18.5 Å². The molecule has 1 N–H and O–H groups in total. The fourth-order valence-electron chi connectivity index (χ4n) is 1.74. The number of halogens is 1. The van der Waals surface area contributed by atoms with Crippen LogP contribution in [0.25, 0.3) is 0 Å². The fraction of sp³-hybridized carbons (Fsp3) is 0.500. The Balaban J connectivity index is 2.16. The second-order valence-corrected chi connectivity index (χ2v) is 4.61. The summed E-state index contributed by atoms with van der Waals surface area (Å²) >= 11 is 3.13. The third-order valence-corrected chi connectivity index (χ3v) is 3.04. The summed E-state index contributed by atoms with van der Waals surface area (Å²) < 4.78 is 5.70. The first-order valence-corrected chi connectivity index (χ1v) is 6.11. The third kappa shape index (κ3) is 3.13. The maximum absolute atomic E-state index is 10.9. The highest BCUT2D eigenvalue weighted by molar-refractivity contribution is 9.10. The third-order valence-electron chi connectivity index (χ3n) is 2.60. The van der Waals surface area contributed by atoms with Crippen molar-refractivity contribution in [3.05, 3.63) is 26.9 Å². The second-order valence-electron chi connectivity index (χ2n) is 3.79. The van der Waals surface area contributed by atoms with Crippen LogP contribution in [0, 0.1) is 10.1 Å². The molecule has 1 fully saturated rings. The van der Waals surface area contributed by atoms with Crippen molar-refractivity contribution < 1.29 is 9.66 Å². The van der Waals surface area contributed by atoms with Gasteiger partial charge >= 0.3 is 5.82 Å². The van der Waals surface area contributed by atoms with Crippen LogP contribution in [0.4, 0.5) is 11.5 Å². The van der Waals surface area contributed by atoms with E-state index in [1.165, 1.54) is 0 Å². The van der Waals surface area contributed by atoms with Crippen molar-refractivity contribution in [1.82, 2.24) is 4.98 Å². The number of nitro groups is 1. The van der Waals surface area contributed by atoms with Gasteiger partial charge < -0.3 is 20.2 Å². The second kappa shape index (κ2) is 5.42. The maximum Gasteiger partial charge on any atom is 0.388 e. The van der Waals surface area contributed by atoms with E-state index in [0.717, 1.165) is 12.8 Å². The zero-order valence-electron chi connectivity index (χ0n) is 9.06. The molecule has 7 heteroatoms. The maximum atomic E-state index is 10.9. The number of nitrogens with one attached hydrogen (secondary N) is 1. The molecule has 0 saturated carbocycles. The van der Waals surface area contributed by atoms with E-state index in [1.54, 1.807) is 12.1 Å². The Hall–Kier alpha value is -1.21. The van der Waals surface area contributed by atoms with Gasteiger partial charge in [0.2, 0.25) is 4.60 Å². The predicted octanol–water partition coefficient (Wildman–Crippen LogP) is 2.34. The molecule has 0 atom stereocenters. The van der Waals surface area contributed by atoms with Crippen LogP contribution in [-0.4, -0.2) is 29.2 Å². The first kappa shape index (κ1) is 12.3. The molecule has 1 aromatic heterocycles. The van der Waals surface area contributed by atoms with Gasteiger partial charge in [0.1, 0.15) is 5.69 Å². The average Bonchev–Trinajstić information content (AvgIpc) is 2.32.